The van der Waals surface area contributed by atoms with Crippen LogP contribution in [-0.2, 0) is 15.7 Å². The Labute approximate surface area is 139 Å². The van der Waals surface area contributed by atoms with Gasteiger partial charge in [-0.2, -0.15) is 18.2 Å². The Morgan fingerprint density at radius 3 is 2.60 bits per heavy atom. The number of morpholine rings is 1. The minimum Gasteiger partial charge on any atom is -0.363 e. The molecule has 6 nitrogen and oxygen atoms in total. The second kappa shape index (κ2) is 5.80. The van der Waals surface area contributed by atoms with Gasteiger partial charge in [0.2, 0.25) is 5.82 Å². The standard InChI is InChI=1S/C15H13F4N3O3/c1-14(2)12(23)20-10(6-24-14)7-3-4-8(9(16)5-7)11-21-13(25-22-11)15(17,18)19/h3-5,10H,6H2,1-2H3,(H,20,23). The van der Waals surface area contributed by atoms with Crippen LogP contribution in [0.5, 0.6) is 0 Å². The molecule has 1 aliphatic rings. The number of amides is 1. The average Bonchev–Trinajstić information content (AvgIpc) is 3.00. The predicted octanol–water partition coefficient (Wildman–Crippen LogP) is 2.86. The van der Waals surface area contributed by atoms with Crippen molar-refractivity contribution in [2.24, 2.45) is 0 Å². The van der Waals surface area contributed by atoms with Crippen LogP contribution in [0, 0.1) is 5.82 Å². The molecule has 0 spiro atoms. The summed E-state index contributed by atoms with van der Waals surface area (Å²) in [5, 5.41) is 5.85. The van der Waals surface area contributed by atoms with E-state index < -0.39 is 35.4 Å². The molecule has 3 rings (SSSR count). The topological polar surface area (TPSA) is 77.2 Å². The lowest BCUT2D eigenvalue weighted by Crippen LogP contribution is -2.52. The zero-order chi connectivity index (χ0) is 18.4. The molecule has 1 saturated heterocycles. The highest BCUT2D eigenvalue weighted by molar-refractivity contribution is 5.85. The lowest BCUT2D eigenvalue weighted by atomic mass is 10.00. The van der Waals surface area contributed by atoms with Gasteiger partial charge in [-0.05, 0) is 31.5 Å². The van der Waals surface area contributed by atoms with Gasteiger partial charge in [0.25, 0.3) is 5.91 Å². The van der Waals surface area contributed by atoms with Crippen LogP contribution in [0.15, 0.2) is 22.7 Å². The van der Waals surface area contributed by atoms with E-state index in [4.69, 9.17) is 4.74 Å². The van der Waals surface area contributed by atoms with E-state index in [1.165, 1.54) is 12.1 Å². The van der Waals surface area contributed by atoms with Gasteiger partial charge in [0, 0.05) is 0 Å². The summed E-state index contributed by atoms with van der Waals surface area (Å²) in [5.74, 6) is -3.25. The van der Waals surface area contributed by atoms with Crippen molar-refractivity contribution in [2.45, 2.75) is 31.7 Å². The summed E-state index contributed by atoms with van der Waals surface area (Å²) in [6.07, 6.45) is -4.81. The second-order valence-electron chi connectivity index (χ2n) is 6.01. The number of hydrogen-bond acceptors (Lipinski definition) is 5. The van der Waals surface area contributed by atoms with Gasteiger partial charge in [-0.3, -0.25) is 4.79 Å². The molecule has 0 aliphatic carbocycles. The van der Waals surface area contributed by atoms with Gasteiger partial charge >= 0.3 is 12.1 Å². The average molecular weight is 359 g/mol. The molecule has 10 heteroatoms. The van der Waals surface area contributed by atoms with Crippen molar-refractivity contribution in [3.05, 3.63) is 35.5 Å². The first kappa shape index (κ1) is 17.3. The van der Waals surface area contributed by atoms with Crippen LogP contribution >= 0.6 is 0 Å². The summed E-state index contributed by atoms with van der Waals surface area (Å²) in [4.78, 5) is 15.0. The molecule has 0 bridgehead atoms. The van der Waals surface area contributed by atoms with Crippen molar-refractivity contribution in [1.82, 2.24) is 15.5 Å². The lowest BCUT2D eigenvalue weighted by Gasteiger charge is -2.34. The molecule has 2 aromatic rings. The Morgan fingerprint density at radius 1 is 1.32 bits per heavy atom. The van der Waals surface area contributed by atoms with E-state index in [9.17, 15) is 22.4 Å². The predicted molar refractivity (Wildman–Crippen MR) is 75.6 cm³/mol. The fraction of sp³-hybridized carbons (Fsp3) is 0.400. The van der Waals surface area contributed by atoms with E-state index in [0.717, 1.165) is 6.07 Å². The zero-order valence-corrected chi connectivity index (χ0v) is 13.1. The molecule has 1 N–H and O–H groups in total. The van der Waals surface area contributed by atoms with Crippen molar-refractivity contribution >= 4 is 5.91 Å². The van der Waals surface area contributed by atoms with E-state index in [1.54, 1.807) is 13.8 Å². The first-order valence-corrected chi connectivity index (χ1v) is 7.23. The number of carbonyl (C=O) groups is 1. The highest BCUT2D eigenvalue weighted by Gasteiger charge is 2.39. The Bertz CT molecular complexity index is 817. The quantitative estimate of drug-likeness (QED) is 0.835. The molecule has 25 heavy (non-hydrogen) atoms. The van der Waals surface area contributed by atoms with Gasteiger partial charge in [-0.15, -0.1) is 0 Å². The van der Waals surface area contributed by atoms with E-state index in [0.29, 0.717) is 5.56 Å². The third-order valence-electron chi connectivity index (χ3n) is 3.77. The number of rotatable bonds is 2. The molecular weight excluding hydrogens is 346 g/mol. The smallest absolute Gasteiger partial charge is 0.363 e. The van der Waals surface area contributed by atoms with Crippen molar-refractivity contribution in [3.63, 3.8) is 0 Å². The number of hydrogen-bond donors (Lipinski definition) is 1. The van der Waals surface area contributed by atoms with Gasteiger partial charge in [-0.25, -0.2) is 4.39 Å². The first-order valence-electron chi connectivity index (χ1n) is 7.23. The third kappa shape index (κ3) is 3.34. The number of ether oxygens (including phenoxy) is 1. The summed E-state index contributed by atoms with van der Waals surface area (Å²) in [7, 11) is 0. The van der Waals surface area contributed by atoms with Crippen molar-refractivity contribution in [1.29, 1.82) is 0 Å². The Morgan fingerprint density at radius 2 is 2.04 bits per heavy atom. The second-order valence-corrected chi connectivity index (χ2v) is 6.01. The maximum atomic E-state index is 14.3. The molecule has 1 aliphatic heterocycles. The fourth-order valence-corrected chi connectivity index (χ4v) is 2.29. The third-order valence-corrected chi connectivity index (χ3v) is 3.77. The monoisotopic (exact) mass is 359 g/mol. The number of halogens is 4. The van der Waals surface area contributed by atoms with E-state index in [1.807, 2.05) is 0 Å². The molecule has 1 aromatic heterocycles. The summed E-state index contributed by atoms with van der Waals surface area (Å²) < 4.78 is 61.3. The molecular formula is C15H13F4N3O3. The Hall–Kier alpha value is -2.49. The van der Waals surface area contributed by atoms with Crippen molar-refractivity contribution < 1.29 is 31.6 Å². The van der Waals surface area contributed by atoms with E-state index in [-0.39, 0.29) is 18.1 Å². The number of nitrogens with zero attached hydrogens (tertiary/aromatic N) is 2. The Balaban J connectivity index is 1.84. The number of benzene rings is 1. The number of aromatic nitrogens is 2. The van der Waals surface area contributed by atoms with E-state index in [2.05, 4.69) is 20.0 Å². The van der Waals surface area contributed by atoms with Crippen LogP contribution in [0.4, 0.5) is 17.6 Å². The van der Waals surface area contributed by atoms with Crippen molar-refractivity contribution in [3.8, 4) is 11.4 Å². The lowest BCUT2D eigenvalue weighted by molar-refractivity contribution is -0.159. The Kier molecular flexibility index (Phi) is 4.02. The number of carbonyl (C=O) groups excluding carboxylic acids is 1. The molecule has 2 heterocycles. The van der Waals surface area contributed by atoms with Crippen molar-refractivity contribution in [2.75, 3.05) is 6.61 Å². The maximum Gasteiger partial charge on any atom is 0.471 e. The first-order chi connectivity index (χ1) is 11.6. The molecule has 134 valence electrons. The summed E-state index contributed by atoms with van der Waals surface area (Å²) in [6.45, 7) is 3.35. The highest BCUT2D eigenvalue weighted by Crippen LogP contribution is 2.31. The molecule has 0 saturated carbocycles. The van der Waals surface area contributed by atoms with Crippen LogP contribution in [0.3, 0.4) is 0 Å². The van der Waals surface area contributed by atoms with Crippen LogP contribution < -0.4 is 5.32 Å². The molecule has 1 aromatic carbocycles. The number of alkyl halides is 3. The van der Waals surface area contributed by atoms with Gasteiger partial charge in [-0.1, -0.05) is 11.2 Å². The summed E-state index contributed by atoms with van der Waals surface area (Å²) in [5.41, 5.74) is -0.816. The maximum absolute atomic E-state index is 14.3. The highest BCUT2D eigenvalue weighted by atomic mass is 19.4. The minimum atomic E-state index is -4.81. The summed E-state index contributed by atoms with van der Waals surface area (Å²) in [6, 6.07) is 3.20. The number of nitrogens with one attached hydrogen (secondary N) is 1. The van der Waals surface area contributed by atoms with Gasteiger partial charge in [0.15, 0.2) is 0 Å². The molecule has 1 amide bonds. The van der Waals surface area contributed by atoms with Crippen LogP contribution in [-0.4, -0.2) is 28.3 Å². The summed E-state index contributed by atoms with van der Waals surface area (Å²) >= 11 is 0. The molecule has 1 fully saturated rings. The minimum absolute atomic E-state index is 0.137. The van der Waals surface area contributed by atoms with Gasteiger partial charge in [0.1, 0.15) is 11.4 Å². The fourth-order valence-electron chi connectivity index (χ4n) is 2.29. The molecule has 1 unspecified atom stereocenters. The van der Waals surface area contributed by atoms with Crippen LogP contribution in [0.2, 0.25) is 0 Å². The largest absolute Gasteiger partial charge is 0.471 e. The van der Waals surface area contributed by atoms with Crippen LogP contribution in [0.1, 0.15) is 31.3 Å². The molecule has 1 atom stereocenters. The van der Waals surface area contributed by atoms with Crippen LogP contribution in [0.25, 0.3) is 11.4 Å². The van der Waals surface area contributed by atoms with E-state index >= 15 is 0 Å². The van der Waals surface area contributed by atoms with Gasteiger partial charge < -0.3 is 14.6 Å². The normalized spacial score (nSPS) is 20.4. The molecule has 0 radical (unpaired) electrons. The SMILES string of the molecule is CC1(C)OCC(c2ccc(-c3noc(C(F)(F)F)n3)c(F)c2)NC1=O. The zero-order valence-electron chi connectivity index (χ0n) is 13.1. The van der Waals surface area contributed by atoms with Gasteiger partial charge in [0.05, 0.1) is 18.2 Å².